The molecule has 0 saturated heterocycles. The van der Waals surface area contributed by atoms with Gasteiger partial charge in [-0.2, -0.15) is 13.2 Å². The molecule has 8 nitrogen and oxygen atoms in total. The van der Waals surface area contributed by atoms with Gasteiger partial charge in [-0.3, -0.25) is 19.6 Å². The van der Waals surface area contributed by atoms with Crippen LogP contribution in [0.2, 0.25) is 0 Å². The number of carbonyl (C=O) groups excluding carboxylic acids is 2. The van der Waals surface area contributed by atoms with Gasteiger partial charge in [-0.1, -0.05) is 6.07 Å². The van der Waals surface area contributed by atoms with Gasteiger partial charge in [0.1, 0.15) is 17.0 Å². The van der Waals surface area contributed by atoms with E-state index in [2.05, 4.69) is 20.6 Å². The van der Waals surface area contributed by atoms with E-state index in [1.807, 2.05) is 6.92 Å². The van der Waals surface area contributed by atoms with Gasteiger partial charge in [0.05, 0.1) is 35.7 Å². The summed E-state index contributed by atoms with van der Waals surface area (Å²) in [6, 6.07) is 7.99. The van der Waals surface area contributed by atoms with E-state index in [1.165, 1.54) is 37.5 Å². The molecule has 1 aliphatic carbocycles. The van der Waals surface area contributed by atoms with Crippen molar-refractivity contribution in [3.63, 3.8) is 0 Å². The van der Waals surface area contributed by atoms with Crippen LogP contribution in [0.1, 0.15) is 58.6 Å². The van der Waals surface area contributed by atoms with E-state index >= 15 is 0 Å². The SMILES string of the molecule is Cc1cncc(C(=O)NC2(C(=O)NCc3ccc(Oc4ccc(C(C)O)cc4C(F)(F)F)cn3)CC2)c1. The van der Waals surface area contributed by atoms with Crippen molar-refractivity contribution in [1.29, 1.82) is 0 Å². The van der Waals surface area contributed by atoms with E-state index in [1.54, 1.807) is 12.3 Å². The summed E-state index contributed by atoms with van der Waals surface area (Å²) in [4.78, 5) is 33.4. The number of ether oxygens (including phenoxy) is 1. The molecule has 2 aromatic heterocycles. The molecule has 0 radical (unpaired) electrons. The summed E-state index contributed by atoms with van der Waals surface area (Å²) in [5, 5.41) is 15.1. The molecule has 0 bridgehead atoms. The monoisotopic (exact) mass is 514 g/mol. The zero-order chi connectivity index (χ0) is 26.8. The number of aromatic nitrogens is 2. The van der Waals surface area contributed by atoms with Crippen molar-refractivity contribution in [2.75, 3.05) is 0 Å². The molecule has 37 heavy (non-hydrogen) atoms. The molecular weight excluding hydrogens is 489 g/mol. The van der Waals surface area contributed by atoms with Crippen LogP contribution in [0.3, 0.4) is 0 Å². The molecule has 2 amide bonds. The molecule has 0 aliphatic heterocycles. The molecular formula is C26H25F3N4O4. The fraction of sp³-hybridized carbons (Fsp3) is 0.308. The number of aryl methyl sites for hydroxylation is 1. The second-order valence-corrected chi connectivity index (χ2v) is 8.99. The van der Waals surface area contributed by atoms with E-state index < -0.39 is 29.1 Å². The minimum Gasteiger partial charge on any atom is -0.455 e. The number of amides is 2. The van der Waals surface area contributed by atoms with Crippen LogP contribution in [0.25, 0.3) is 0 Å². The fourth-order valence-corrected chi connectivity index (χ4v) is 3.66. The zero-order valence-corrected chi connectivity index (χ0v) is 20.1. The fourth-order valence-electron chi connectivity index (χ4n) is 3.66. The van der Waals surface area contributed by atoms with Crippen molar-refractivity contribution in [3.05, 3.63) is 82.9 Å². The van der Waals surface area contributed by atoms with Crippen LogP contribution in [-0.2, 0) is 17.5 Å². The molecule has 3 aromatic rings. The molecule has 2 heterocycles. The maximum atomic E-state index is 13.5. The third kappa shape index (κ3) is 6.23. The smallest absolute Gasteiger partial charge is 0.419 e. The Kier molecular flexibility index (Phi) is 7.17. The predicted molar refractivity (Wildman–Crippen MR) is 127 cm³/mol. The summed E-state index contributed by atoms with van der Waals surface area (Å²) in [6.45, 7) is 3.24. The Balaban J connectivity index is 1.36. The predicted octanol–water partition coefficient (Wildman–Crippen LogP) is 4.23. The highest BCUT2D eigenvalue weighted by Crippen LogP contribution is 2.39. The molecule has 4 rings (SSSR count). The quantitative estimate of drug-likeness (QED) is 0.415. The molecule has 1 unspecified atom stereocenters. The van der Waals surface area contributed by atoms with Crippen LogP contribution < -0.4 is 15.4 Å². The third-order valence-electron chi connectivity index (χ3n) is 5.92. The van der Waals surface area contributed by atoms with Crippen LogP contribution in [0, 0.1) is 6.92 Å². The number of hydrogen-bond acceptors (Lipinski definition) is 6. The lowest BCUT2D eigenvalue weighted by molar-refractivity contribution is -0.138. The molecule has 1 atom stereocenters. The lowest BCUT2D eigenvalue weighted by Crippen LogP contribution is -2.48. The molecule has 1 aliphatic rings. The largest absolute Gasteiger partial charge is 0.455 e. The van der Waals surface area contributed by atoms with Gasteiger partial charge in [0.15, 0.2) is 0 Å². The summed E-state index contributed by atoms with van der Waals surface area (Å²) < 4.78 is 45.9. The van der Waals surface area contributed by atoms with Gasteiger partial charge < -0.3 is 20.5 Å². The Morgan fingerprint density at radius 2 is 1.89 bits per heavy atom. The first kappa shape index (κ1) is 26.1. The van der Waals surface area contributed by atoms with Gasteiger partial charge in [-0.05, 0) is 68.1 Å². The molecule has 1 aromatic carbocycles. The first-order valence-electron chi connectivity index (χ1n) is 11.5. The van der Waals surface area contributed by atoms with Crippen LogP contribution in [-0.4, -0.2) is 32.4 Å². The Morgan fingerprint density at radius 3 is 2.49 bits per heavy atom. The highest BCUT2D eigenvalue weighted by atomic mass is 19.4. The van der Waals surface area contributed by atoms with Gasteiger partial charge in [0.2, 0.25) is 5.91 Å². The molecule has 11 heteroatoms. The molecule has 194 valence electrons. The van der Waals surface area contributed by atoms with Crippen molar-refractivity contribution in [2.45, 2.75) is 51.1 Å². The van der Waals surface area contributed by atoms with Crippen LogP contribution in [0.5, 0.6) is 11.5 Å². The van der Waals surface area contributed by atoms with Crippen LogP contribution in [0.15, 0.2) is 55.0 Å². The van der Waals surface area contributed by atoms with E-state index in [9.17, 15) is 27.9 Å². The number of carbonyl (C=O) groups is 2. The maximum Gasteiger partial charge on any atom is 0.419 e. The number of aliphatic hydroxyl groups is 1. The standard InChI is InChI=1S/C26H25F3N4O4/c1-15-9-18(12-30-11-15)23(35)33-25(7-8-25)24(36)32-13-19-4-5-20(14-31-19)37-22-6-3-17(16(2)34)10-21(22)26(27,28)29/h3-6,9-12,14,16,34H,7-8,13H2,1-2H3,(H,32,36)(H,33,35). The average molecular weight is 515 g/mol. The number of pyridine rings is 2. The zero-order valence-electron chi connectivity index (χ0n) is 20.1. The summed E-state index contributed by atoms with van der Waals surface area (Å²) in [7, 11) is 0. The van der Waals surface area contributed by atoms with Crippen molar-refractivity contribution in [2.24, 2.45) is 0 Å². The van der Waals surface area contributed by atoms with E-state index in [0.717, 1.165) is 17.7 Å². The summed E-state index contributed by atoms with van der Waals surface area (Å²) in [5.74, 6) is -1.09. The highest BCUT2D eigenvalue weighted by molar-refractivity contribution is 6.00. The second kappa shape index (κ2) is 10.2. The first-order valence-corrected chi connectivity index (χ1v) is 11.5. The maximum absolute atomic E-state index is 13.5. The Labute approximate surface area is 210 Å². The third-order valence-corrected chi connectivity index (χ3v) is 5.92. The summed E-state index contributed by atoms with van der Waals surface area (Å²) >= 11 is 0. The number of alkyl halides is 3. The number of hydrogen-bond donors (Lipinski definition) is 3. The van der Waals surface area contributed by atoms with E-state index in [-0.39, 0.29) is 29.7 Å². The molecule has 3 N–H and O–H groups in total. The number of aliphatic hydroxyl groups excluding tert-OH is 1. The Morgan fingerprint density at radius 1 is 1.14 bits per heavy atom. The number of nitrogens with zero attached hydrogens (tertiary/aromatic N) is 2. The average Bonchev–Trinajstić information content (AvgIpc) is 3.63. The van der Waals surface area contributed by atoms with Crippen molar-refractivity contribution in [1.82, 2.24) is 20.6 Å². The normalized spacial score (nSPS) is 15.0. The number of benzene rings is 1. The second-order valence-electron chi connectivity index (χ2n) is 8.99. The lowest BCUT2D eigenvalue weighted by atomic mass is 10.1. The van der Waals surface area contributed by atoms with E-state index in [4.69, 9.17) is 4.74 Å². The lowest BCUT2D eigenvalue weighted by Gasteiger charge is -2.17. The minimum absolute atomic E-state index is 0.0552. The molecule has 1 saturated carbocycles. The van der Waals surface area contributed by atoms with Gasteiger partial charge in [0.25, 0.3) is 5.91 Å². The van der Waals surface area contributed by atoms with Crippen LogP contribution >= 0.6 is 0 Å². The minimum atomic E-state index is -4.68. The summed E-state index contributed by atoms with van der Waals surface area (Å²) in [6.07, 6.45) is -0.427. The van der Waals surface area contributed by atoms with Crippen molar-refractivity contribution < 1.29 is 32.6 Å². The summed E-state index contributed by atoms with van der Waals surface area (Å²) in [5.41, 5.74) is -0.246. The Bertz CT molecular complexity index is 1310. The number of halogens is 3. The molecule has 1 fully saturated rings. The van der Waals surface area contributed by atoms with Gasteiger partial charge in [-0.15, -0.1) is 0 Å². The highest BCUT2D eigenvalue weighted by Gasteiger charge is 2.51. The number of rotatable bonds is 8. The topological polar surface area (TPSA) is 113 Å². The van der Waals surface area contributed by atoms with Gasteiger partial charge in [0, 0.05) is 12.4 Å². The number of nitrogens with one attached hydrogen (secondary N) is 2. The molecule has 0 spiro atoms. The van der Waals surface area contributed by atoms with Crippen LogP contribution in [0.4, 0.5) is 13.2 Å². The van der Waals surface area contributed by atoms with Crippen molar-refractivity contribution in [3.8, 4) is 11.5 Å². The van der Waals surface area contributed by atoms with E-state index in [0.29, 0.717) is 24.1 Å². The van der Waals surface area contributed by atoms with Crippen molar-refractivity contribution >= 4 is 11.8 Å². The first-order chi connectivity index (χ1) is 17.5. The van der Waals surface area contributed by atoms with Gasteiger partial charge in [-0.25, -0.2) is 0 Å². The van der Waals surface area contributed by atoms with Gasteiger partial charge >= 0.3 is 6.18 Å². The Hall–Kier alpha value is -3.99.